The molecule has 212 valence electrons. The Bertz CT molecular complexity index is 1200. The van der Waals surface area contributed by atoms with Crippen LogP contribution in [0.5, 0.6) is 0 Å². The van der Waals surface area contributed by atoms with Gasteiger partial charge in [-0.3, -0.25) is 4.90 Å². The fourth-order valence-electron chi connectivity index (χ4n) is 4.37. The summed E-state index contributed by atoms with van der Waals surface area (Å²) < 4.78 is 97.8. The van der Waals surface area contributed by atoms with Crippen molar-refractivity contribution in [2.45, 2.75) is 50.8 Å². The van der Waals surface area contributed by atoms with Crippen LogP contribution in [0.2, 0.25) is 0 Å². The molecule has 3 aromatic rings. The van der Waals surface area contributed by atoms with Crippen molar-refractivity contribution in [3.05, 3.63) is 82.5 Å². The minimum absolute atomic E-state index is 0.0940. The first-order chi connectivity index (χ1) is 18.3. The van der Waals surface area contributed by atoms with E-state index in [4.69, 9.17) is 14.0 Å². The van der Waals surface area contributed by atoms with Crippen molar-refractivity contribution in [3.8, 4) is 0 Å². The van der Waals surface area contributed by atoms with Crippen molar-refractivity contribution in [2.24, 2.45) is 0 Å². The molecule has 0 aliphatic carbocycles. The first kappa shape index (κ1) is 29.0. The molecule has 0 N–H and O–H groups in total. The van der Waals surface area contributed by atoms with Crippen LogP contribution in [0.1, 0.15) is 53.0 Å². The highest BCUT2D eigenvalue weighted by Gasteiger charge is 2.39. The first-order valence-electron chi connectivity index (χ1n) is 12.1. The molecule has 0 radical (unpaired) electrons. The maximum absolute atomic E-state index is 13.4. The Kier molecular flexibility index (Phi) is 8.64. The summed E-state index contributed by atoms with van der Waals surface area (Å²) in [6.07, 6.45) is -12.1. The summed E-state index contributed by atoms with van der Waals surface area (Å²) in [5, 5.41) is 3.98. The van der Waals surface area contributed by atoms with Crippen LogP contribution in [0, 0.1) is 0 Å². The van der Waals surface area contributed by atoms with Gasteiger partial charge < -0.3 is 18.9 Å². The van der Waals surface area contributed by atoms with E-state index in [1.165, 1.54) is 6.92 Å². The fourth-order valence-corrected chi connectivity index (χ4v) is 4.37. The maximum Gasteiger partial charge on any atom is 0.416 e. The van der Waals surface area contributed by atoms with Crippen LogP contribution >= 0.6 is 0 Å². The number of aromatic nitrogens is 2. The Morgan fingerprint density at radius 2 is 1.67 bits per heavy atom. The summed E-state index contributed by atoms with van der Waals surface area (Å²) in [6.45, 7) is 2.76. The van der Waals surface area contributed by atoms with E-state index in [1.807, 2.05) is 54.2 Å². The zero-order valence-electron chi connectivity index (χ0n) is 21.5. The van der Waals surface area contributed by atoms with Crippen molar-refractivity contribution >= 4 is 0 Å². The molecule has 1 fully saturated rings. The van der Waals surface area contributed by atoms with Gasteiger partial charge in [0.1, 0.15) is 0 Å². The van der Waals surface area contributed by atoms with Gasteiger partial charge in [-0.2, -0.15) is 31.3 Å². The van der Waals surface area contributed by atoms with E-state index in [2.05, 4.69) is 10.1 Å². The van der Waals surface area contributed by atoms with Gasteiger partial charge in [-0.1, -0.05) is 35.5 Å². The van der Waals surface area contributed by atoms with Crippen LogP contribution in [-0.2, 0) is 34.9 Å². The number of morpholine rings is 1. The highest BCUT2D eigenvalue weighted by molar-refractivity contribution is 5.34. The summed E-state index contributed by atoms with van der Waals surface area (Å²) in [7, 11) is 3.74. The molecule has 0 amide bonds. The molecule has 2 heterocycles. The quantitative estimate of drug-likeness (QED) is 0.322. The molecule has 0 bridgehead atoms. The third kappa shape index (κ3) is 7.35. The zero-order chi connectivity index (χ0) is 28.4. The molecule has 7 nitrogen and oxygen atoms in total. The largest absolute Gasteiger partial charge is 0.416 e. The lowest BCUT2D eigenvalue weighted by molar-refractivity contribution is -0.231. The van der Waals surface area contributed by atoms with Crippen molar-refractivity contribution in [1.82, 2.24) is 19.9 Å². The SMILES string of the molecule is C[C@@H](O[C@H]1OCCN(Cc2nc(CN(C)C)no2)[C@H]1c1ccccc1)c1cc(C(F)(F)F)cc(C(F)(F)F)c1. The molecule has 0 unspecified atom stereocenters. The van der Waals surface area contributed by atoms with E-state index in [9.17, 15) is 26.3 Å². The summed E-state index contributed by atoms with van der Waals surface area (Å²) in [6, 6.07) is 10.00. The summed E-state index contributed by atoms with van der Waals surface area (Å²) in [4.78, 5) is 8.27. The molecular weight excluding hydrogens is 530 g/mol. The Labute approximate surface area is 221 Å². The highest BCUT2D eigenvalue weighted by atomic mass is 19.4. The Hall–Kier alpha value is -3.00. The molecule has 3 atom stereocenters. The predicted octanol–water partition coefficient (Wildman–Crippen LogP) is 5.85. The molecule has 1 saturated heterocycles. The third-order valence-electron chi connectivity index (χ3n) is 6.18. The maximum atomic E-state index is 13.4. The van der Waals surface area contributed by atoms with Crippen LogP contribution in [0.3, 0.4) is 0 Å². The number of benzene rings is 2. The van der Waals surface area contributed by atoms with Gasteiger partial charge in [-0.05, 0) is 50.3 Å². The van der Waals surface area contributed by atoms with E-state index in [0.29, 0.717) is 36.9 Å². The van der Waals surface area contributed by atoms with Crippen molar-refractivity contribution in [2.75, 3.05) is 27.2 Å². The van der Waals surface area contributed by atoms with Crippen molar-refractivity contribution < 1.29 is 40.3 Å². The number of rotatable bonds is 8. The summed E-state index contributed by atoms with van der Waals surface area (Å²) in [5.74, 6) is 0.861. The minimum Gasteiger partial charge on any atom is -0.349 e. The first-order valence-corrected chi connectivity index (χ1v) is 12.1. The molecule has 1 aliphatic heterocycles. The van der Waals surface area contributed by atoms with Gasteiger partial charge >= 0.3 is 12.4 Å². The average Bonchev–Trinajstić information content (AvgIpc) is 3.29. The summed E-state index contributed by atoms with van der Waals surface area (Å²) in [5.41, 5.74) is -2.30. The molecule has 39 heavy (non-hydrogen) atoms. The Balaban J connectivity index is 1.62. The van der Waals surface area contributed by atoms with Crippen LogP contribution in [0.4, 0.5) is 26.3 Å². The van der Waals surface area contributed by atoms with Crippen molar-refractivity contribution in [3.63, 3.8) is 0 Å². The lowest BCUT2D eigenvalue weighted by Crippen LogP contribution is -2.46. The number of halogens is 6. The molecule has 4 rings (SSSR count). The Morgan fingerprint density at radius 1 is 1.03 bits per heavy atom. The topological polar surface area (TPSA) is 63.9 Å². The highest BCUT2D eigenvalue weighted by Crippen LogP contribution is 2.39. The van der Waals surface area contributed by atoms with E-state index >= 15 is 0 Å². The molecule has 2 aromatic carbocycles. The number of hydrogen-bond donors (Lipinski definition) is 0. The summed E-state index contributed by atoms with van der Waals surface area (Å²) >= 11 is 0. The smallest absolute Gasteiger partial charge is 0.349 e. The zero-order valence-corrected chi connectivity index (χ0v) is 21.5. The molecule has 13 heteroatoms. The second-order valence-corrected chi connectivity index (χ2v) is 9.52. The van der Waals surface area contributed by atoms with Gasteiger partial charge in [0.2, 0.25) is 5.89 Å². The second-order valence-electron chi connectivity index (χ2n) is 9.52. The van der Waals surface area contributed by atoms with Gasteiger partial charge in [0.25, 0.3) is 0 Å². The minimum atomic E-state index is -4.96. The lowest BCUT2D eigenvalue weighted by atomic mass is 10.0. The number of alkyl halides is 6. The molecular formula is C26H28F6N4O3. The number of nitrogens with zero attached hydrogens (tertiary/aromatic N) is 4. The van der Waals surface area contributed by atoms with Crippen LogP contribution < -0.4 is 0 Å². The van der Waals surface area contributed by atoms with Gasteiger partial charge in [-0.25, -0.2) is 0 Å². The van der Waals surface area contributed by atoms with E-state index in [-0.39, 0.29) is 24.8 Å². The molecule has 0 saturated carbocycles. The van der Waals surface area contributed by atoms with E-state index in [1.54, 1.807) is 0 Å². The van der Waals surface area contributed by atoms with E-state index in [0.717, 1.165) is 5.56 Å². The van der Waals surface area contributed by atoms with Crippen LogP contribution in [-0.4, -0.2) is 53.5 Å². The molecule has 1 aromatic heterocycles. The second kappa shape index (κ2) is 11.6. The fraction of sp³-hybridized carbons (Fsp3) is 0.462. The van der Waals surface area contributed by atoms with Gasteiger partial charge in [0.05, 0.1) is 43.0 Å². The van der Waals surface area contributed by atoms with Crippen molar-refractivity contribution in [1.29, 1.82) is 0 Å². The normalized spacial score (nSPS) is 19.9. The van der Waals surface area contributed by atoms with E-state index < -0.39 is 41.9 Å². The van der Waals surface area contributed by atoms with Crippen LogP contribution in [0.25, 0.3) is 0 Å². The molecule has 1 aliphatic rings. The van der Waals surface area contributed by atoms with Crippen LogP contribution in [0.15, 0.2) is 53.1 Å². The third-order valence-corrected chi connectivity index (χ3v) is 6.18. The standard InChI is InChI=1S/C26H28F6N4O3/c1-16(18-11-19(25(27,28)29)13-20(12-18)26(30,31)32)38-24-23(17-7-5-4-6-8-17)36(9-10-37-24)15-22-33-21(34-39-22)14-35(2)3/h4-8,11-13,16,23-24H,9-10,14-15H2,1-3H3/t16-,23+,24-/m1/s1. The average molecular weight is 559 g/mol. The Morgan fingerprint density at radius 3 is 2.26 bits per heavy atom. The number of hydrogen-bond acceptors (Lipinski definition) is 7. The molecule has 0 spiro atoms. The van der Waals surface area contributed by atoms with Gasteiger partial charge in [-0.15, -0.1) is 0 Å². The predicted molar refractivity (Wildman–Crippen MR) is 127 cm³/mol. The van der Waals surface area contributed by atoms with Gasteiger partial charge in [0.15, 0.2) is 12.1 Å². The monoisotopic (exact) mass is 558 g/mol. The lowest BCUT2D eigenvalue weighted by Gasteiger charge is -2.41. The van der Waals surface area contributed by atoms with Gasteiger partial charge in [0, 0.05) is 6.54 Å². The number of ether oxygens (including phenoxy) is 2.